The van der Waals surface area contributed by atoms with E-state index in [2.05, 4.69) is 5.32 Å². The molecule has 86 valence electrons. The molecule has 0 spiro atoms. The highest BCUT2D eigenvalue weighted by Crippen LogP contribution is 2.39. The first-order chi connectivity index (χ1) is 7.29. The van der Waals surface area contributed by atoms with E-state index in [1.54, 1.807) is 0 Å². The SMILES string of the molecule is COC(=O)C1(C2CCCS2)CCCCN1. The van der Waals surface area contributed by atoms with Crippen molar-refractivity contribution in [1.82, 2.24) is 5.32 Å². The van der Waals surface area contributed by atoms with Crippen LogP contribution in [-0.4, -0.2) is 36.2 Å². The normalized spacial score (nSPS) is 36.5. The van der Waals surface area contributed by atoms with Crippen LogP contribution in [0, 0.1) is 0 Å². The summed E-state index contributed by atoms with van der Waals surface area (Å²) in [6.07, 6.45) is 5.63. The molecule has 0 amide bonds. The Morgan fingerprint density at radius 2 is 2.33 bits per heavy atom. The number of nitrogens with one attached hydrogen (secondary N) is 1. The number of carbonyl (C=O) groups is 1. The standard InChI is InChI=1S/C11H19NO2S/c1-14-10(13)11(6-2-3-7-12-11)9-5-4-8-15-9/h9,12H,2-8H2,1H3. The van der Waals surface area contributed by atoms with E-state index in [0.717, 1.165) is 25.8 Å². The van der Waals surface area contributed by atoms with Crippen LogP contribution in [0.25, 0.3) is 0 Å². The van der Waals surface area contributed by atoms with Gasteiger partial charge in [-0.15, -0.1) is 0 Å². The van der Waals surface area contributed by atoms with E-state index in [-0.39, 0.29) is 11.5 Å². The lowest BCUT2D eigenvalue weighted by Crippen LogP contribution is -2.61. The summed E-state index contributed by atoms with van der Waals surface area (Å²) in [7, 11) is 1.50. The van der Waals surface area contributed by atoms with Crippen molar-refractivity contribution in [3.63, 3.8) is 0 Å². The molecule has 15 heavy (non-hydrogen) atoms. The molecule has 2 aliphatic heterocycles. The molecule has 2 heterocycles. The van der Waals surface area contributed by atoms with Gasteiger partial charge in [0.2, 0.25) is 0 Å². The number of piperidine rings is 1. The zero-order valence-electron chi connectivity index (χ0n) is 9.25. The number of ether oxygens (including phenoxy) is 1. The average Bonchev–Trinajstić information content (AvgIpc) is 2.83. The van der Waals surface area contributed by atoms with Crippen molar-refractivity contribution < 1.29 is 9.53 Å². The summed E-state index contributed by atoms with van der Waals surface area (Å²) in [4.78, 5) is 12.0. The maximum Gasteiger partial charge on any atom is 0.327 e. The van der Waals surface area contributed by atoms with Crippen LogP contribution in [0.2, 0.25) is 0 Å². The summed E-state index contributed by atoms with van der Waals surface area (Å²) in [5, 5.41) is 3.85. The quantitative estimate of drug-likeness (QED) is 0.729. The van der Waals surface area contributed by atoms with Crippen molar-refractivity contribution in [2.75, 3.05) is 19.4 Å². The van der Waals surface area contributed by atoms with Crippen LogP contribution >= 0.6 is 11.8 Å². The highest BCUT2D eigenvalue weighted by molar-refractivity contribution is 8.00. The van der Waals surface area contributed by atoms with Crippen molar-refractivity contribution in [2.24, 2.45) is 0 Å². The van der Waals surface area contributed by atoms with Gasteiger partial charge in [-0.2, -0.15) is 11.8 Å². The second kappa shape index (κ2) is 4.74. The first-order valence-corrected chi connectivity index (χ1v) is 6.79. The van der Waals surface area contributed by atoms with Gasteiger partial charge in [0, 0.05) is 5.25 Å². The minimum Gasteiger partial charge on any atom is -0.468 e. The highest BCUT2D eigenvalue weighted by Gasteiger charge is 2.48. The van der Waals surface area contributed by atoms with E-state index < -0.39 is 0 Å². The third kappa shape index (κ3) is 2.02. The van der Waals surface area contributed by atoms with Crippen molar-refractivity contribution in [3.8, 4) is 0 Å². The molecular weight excluding hydrogens is 210 g/mol. The monoisotopic (exact) mass is 229 g/mol. The Balaban J connectivity index is 2.16. The second-order valence-electron chi connectivity index (χ2n) is 4.35. The third-order valence-corrected chi connectivity index (χ3v) is 5.03. The molecule has 0 aliphatic carbocycles. The molecule has 2 aliphatic rings. The fourth-order valence-electron chi connectivity index (χ4n) is 2.66. The molecule has 4 heteroatoms. The van der Waals surface area contributed by atoms with Crippen LogP contribution in [0.4, 0.5) is 0 Å². The van der Waals surface area contributed by atoms with Gasteiger partial charge in [-0.05, 0) is 44.4 Å². The van der Waals surface area contributed by atoms with Gasteiger partial charge >= 0.3 is 5.97 Å². The van der Waals surface area contributed by atoms with E-state index in [9.17, 15) is 4.79 Å². The maximum atomic E-state index is 12.0. The van der Waals surface area contributed by atoms with E-state index in [4.69, 9.17) is 4.74 Å². The molecule has 0 radical (unpaired) electrons. The molecule has 0 aromatic carbocycles. The lowest BCUT2D eigenvalue weighted by atomic mass is 9.84. The van der Waals surface area contributed by atoms with Crippen molar-refractivity contribution in [2.45, 2.75) is 42.9 Å². The number of hydrogen-bond acceptors (Lipinski definition) is 4. The van der Waals surface area contributed by atoms with Crippen molar-refractivity contribution in [3.05, 3.63) is 0 Å². The Bertz CT molecular complexity index is 233. The second-order valence-corrected chi connectivity index (χ2v) is 5.66. The molecule has 0 saturated carbocycles. The van der Waals surface area contributed by atoms with Gasteiger partial charge in [-0.3, -0.25) is 4.79 Å². The lowest BCUT2D eigenvalue weighted by Gasteiger charge is -2.39. The van der Waals surface area contributed by atoms with Gasteiger partial charge < -0.3 is 10.1 Å². The number of thioether (sulfide) groups is 1. The molecule has 2 fully saturated rings. The Hall–Kier alpha value is -0.220. The highest BCUT2D eigenvalue weighted by atomic mass is 32.2. The molecule has 2 unspecified atom stereocenters. The number of rotatable bonds is 2. The summed E-state index contributed by atoms with van der Waals surface area (Å²) in [6.45, 7) is 0.951. The first-order valence-electron chi connectivity index (χ1n) is 5.74. The van der Waals surface area contributed by atoms with Crippen LogP contribution in [-0.2, 0) is 9.53 Å². The molecule has 0 aromatic heterocycles. The van der Waals surface area contributed by atoms with Gasteiger partial charge in [0.25, 0.3) is 0 Å². The van der Waals surface area contributed by atoms with Gasteiger partial charge in [0.05, 0.1) is 7.11 Å². The van der Waals surface area contributed by atoms with Crippen LogP contribution in [0.5, 0.6) is 0 Å². The van der Waals surface area contributed by atoms with Gasteiger partial charge in [0.15, 0.2) is 0 Å². The Morgan fingerprint density at radius 1 is 1.47 bits per heavy atom. The minimum atomic E-state index is -0.381. The topological polar surface area (TPSA) is 38.3 Å². The lowest BCUT2D eigenvalue weighted by molar-refractivity contribution is -0.149. The van der Waals surface area contributed by atoms with Gasteiger partial charge in [-0.25, -0.2) is 0 Å². The van der Waals surface area contributed by atoms with Crippen LogP contribution in [0.3, 0.4) is 0 Å². The molecule has 2 rings (SSSR count). The predicted octanol–water partition coefficient (Wildman–Crippen LogP) is 1.57. The molecule has 0 bridgehead atoms. The largest absolute Gasteiger partial charge is 0.468 e. The van der Waals surface area contributed by atoms with Crippen LogP contribution in [0.1, 0.15) is 32.1 Å². The van der Waals surface area contributed by atoms with Gasteiger partial charge in [0.1, 0.15) is 5.54 Å². The van der Waals surface area contributed by atoms with Crippen molar-refractivity contribution >= 4 is 17.7 Å². The van der Waals surface area contributed by atoms with E-state index in [0.29, 0.717) is 5.25 Å². The zero-order chi connectivity index (χ0) is 10.7. The Kier molecular flexibility index (Phi) is 3.57. The fourth-order valence-corrected chi connectivity index (χ4v) is 4.19. The van der Waals surface area contributed by atoms with Gasteiger partial charge in [-0.1, -0.05) is 0 Å². The summed E-state index contributed by atoms with van der Waals surface area (Å²) in [5.41, 5.74) is -0.381. The number of methoxy groups -OCH3 is 1. The number of hydrogen-bond donors (Lipinski definition) is 1. The van der Waals surface area contributed by atoms with E-state index in [1.807, 2.05) is 11.8 Å². The Labute approximate surface area is 95.3 Å². The molecule has 3 nitrogen and oxygen atoms in total. The average molecular weight is 229 g/mol. The number of esters is 1. The van der Waals surface area contributed by atoms with Crippen LogP contribution in [0.15, 0.2) is 0 Å². The van der Waals surface area contributed by atoms with Crippen LogP contribution < -0.4 is 5.32 Å². The van der Waals surface area contributed by atoms with Crippen molar-refractivity contribution in [1.29, 1.82) is 0 Å². The van der Waals surface area contributed by atoms with E-state index >= 15 is 0 Å². The maximum absolute atomic E-state index is 12.0. The zero-order valence-corrected chi connectivity index (χ0v) is 10.1. The summed E-state index contributed by atoms with van der Waals surface area (Å²) >= 11 is 1.93. The molecule has 2 atom stereocenters. The summed E-state index contributed by atoms with van der Waals surface area (Å²) in [5.74, 6) is 1.13. The van der Waals surface area contributed by atoms with E-state index in [1.165, 1.54) is 25.7 Å². The first kappa shape index (κ1) is 11.3. The minimum absolute atomic E-state index is 0.0541. The predicted molar refractivity (Wildman–Crippen MR) is 62.1 cm³/mol. The smallest absolute Gasteiger partial charge is 0.327 e. The molecular formula is C11H19NO2S. The molecule has 2 saturated heterocycles. The fraction of sp³-hybridized carbons (Fsp3) is 0.909. The molecule has 1 N–H and O–H groups in total. The summed E-state index contributed by atoms with van der Waals surface area (Å²) in [6, 6.07) is 0. The molecule has 0 aromatic rings. The summed E-state index contributed by atoms with van der Waals surface area (Å²) < 4.78 is 4.99. The third-order valence-electron chi connectivity index (χ3n) is 3.47. The number of carbonyl (C=O) groups excluding carboxylic acids is 1. The Morgan fingerprint density at radius 3 is 2.87 bits per heavy atom.